The van der Waals surface area contributed by atoms with E-state index in [4.69, 9.17) is 14.2 Å². The van der Waals surface area contributed by atoms with Crippen molar-refractivity contribution in [2.75, 3.05) is 18.1 Å². The topological polar surface area (TPSA) is 82.1 Å². The molecule has 4 rings (SSSR count). The molecule has 0 aliphatic carbocycles. The van der Waals surface area contributed by atoms with Crippen LogP contribution in [0.1, 0.15) is 40.1 Å². The van der Waals surface area contributed by atoms with E-state index < -0.39 is 17.8 Å². The molecule has 1 aliphatic rings. The number of anilines is 1. The Morgan fingerprint density at radius 1 is 0.824 bits per heavy atom. The smallest absolute Gasteiger partial charge is 0.336 e. The Hall–Kier alpha value is -4.39. The lowest BCUT2D eigenvalue weighted by molar-refractivity contribution is -0.128. The highest BCUT2D eigenvalue weighted by molar-refractivity contribution is 6.34. The average Bonchev–Trinajstić information content (AvgIpc) is 3.10. The van der Waals surface area contributed by atoms with E-state index in [1.165, 1.54) is 12.1 Å². The van der Waals surface area contributed by atoms with Gasteiger partial charge < -0.3 is 14.2 Å². The van der Waals surface area contributed by atoms with Crippen molar-refractivity contribution in [1.29, 1.82) is 0 Å². The zero-order valence-corrected chi connectivity index (χ0v) is 18.8. The van der Waals surface area contributed by atoms with Crippen LogP contribution in [-0.2, 0) is 4.79 Å². The van der Waals surface area contributed by atoms with Gasteiger partial charge in [0.1, 0.15) is 5.75 Å². The van der Waals surface area contributed by atoms with Gasteiger partial charge in [0.05, 0.1) is 30.0 Å². The zero-order chi connectivity index (χ0) is 24.1. The Labute approximate surface area is 197 Å². The molecule has 0 saturated carbocycles. The fourth-order valence-corrected chi connectivity index (χ4v) is 3.60. The van der Waals surface area contributed by atoms with Gasteiger partial charge in [0, 0.05) is 12.1 Å². The second-order valence-corrected chi connectivity index (χ2v) is 7.32. The van der Waals surface area contributed by atoms with E-state index in [0.717, 1.165) is 10.5 Å². The third kappa shape index (κ3) is 4.68. The molecular formula is C27H23NO6. The van der Waals surface area contributed by atoms with E-state index in [2.05, 4.69) is 0 Å². The van der Waals surface area contributed by atoms with Gasteiger partial charge >= 0.3 is 5.97 Å². The van der Waals surface area contributed by atoms with E-state index in [1.54, 1.807) is 66.7 Å². The normalized spacial score (nSPS) is 12.7. The van der Waals surface area contributed by atoms with Gasteiger partial charge in [-0.05, 0) is 61.9 Å². The number of nitrogens with zero attached hydrogens (tertiary/aromatic N) is 1. The molecule has 0 N–H and O–H groups in total. The molecule has 172 valence electrons. The molecule has 3 aromatic rings. The highest BCUT2D eigenvalue weighted by Crippen LogP contribution is 2.31. The summed E-state index contributed by atoms with van der Waals surface area (Å²) < 4.78 is 16.5. The predicted molar refractivity (Wildman–Crippen MR) is 127 cm³/mol. The Morgan fingerprint density at radius 2 is 1.50 bits per heavy atom. The number of ether oxygens (including phenoxy) is 3. The molecule has 1 aliphatic heterocycles. The van der Waals surface area contributed by atoms with Crippen molar-refractivity contribution in [2.45, 2.75) is 13.8 Å². The summed E-state index contributed by atoms with van der Waals surface area (Å²) in [6, 6.07) is 18.3. The first-order chi connectivity index (χ1) is 16.5. The van der Waals surface area contributed by atoms with Crippen LogP contribution in [-0.4, -0.2) is 31.0 Å². The molecule has 0 bridgehead atoms. The van der Waals surface area contributed by atoms with E-state index in [1.807, 2.05) is 13.8 Å². The SMILES string of the molecule is CCOc1ccc(/C=C/C(=O)Oc2cccc(N3C(=O)c4ccccc4C3=O)c2)cc1OCC. The Kier molecular flexibility index (Phi) is 6.73. The average molecular weight is 457 g/mol. The first kappa shape index (κ1) is 22.8. The largest absolute Gasteiger partial charge is 0.490 e. The molecule has 7 nitrogen and oxygen atoms in total. The number of rotatable bonds is 8. The Balaban J connectivity index is 1.47. The number of imide groups is 1. The van der Waals surface area contributed by atoms with Gasteiger partial charge in [0.15, 0.2) is 11.5 Å². The molecular weight excluding hydrogens is 434 g/mol. The van der Waals surface area contributed by atoms with Crippen LogP contribution in [0, 0.1) is 0 Å². The van der Waals surface area contributed by atoms with Crippen molar-refractivity contribution in [3.05, 3.63) is 89.5 Å². The molecule has 0 saturated heterocycles. The van der Waals surface area contributed by atoms with Crippen LogP contribution in [0.5, 0.6) is 17.2 Å². The van der Waals surface area contributed by atoms with Crippen LogP contribution < -0.4 is 19.1 Å². The molecule has 0 atom stereocenters. The van der Waals surface area contributed by atoms with Gasteiger partial charge in [0.2, 0.25) is 0 Å². The van der Waals surface area contributed by atoms with Crippen molar-refractivity contribution >= 4 is 29.5 Å². The lowest BCUT2D eigenvalue weighted by Gasteiger charge is -2.14. The van der Waals surface area contributed by atoms with Gasteiger partial charge in [0.25, 0.3) is 11.8 Å². The van der Waals surface area contributed by atoms with Gasteiger partial charge in [-0.3, -0.25) is 9.59 Å². The maximum Gasteiger partial charge on any atom is 0.336 e. The predicted octanol–water partition coefficient (Wildman–Crippen LogP) is 4.90. The fourth-order valence-electron chi connectivity index (χ4n) is 3.60. The summed E-state index contributed by atoms with van der Waals surface area (Å²) in [4.78, 5) is 38.9. The lowest BCUT2D eigenvalue weighted by atomic mass is 10.1. The molecule has 0 aromatic heterocycles. The van der Waals surface area contributed by atoms with E-state index >= 15 is 0 Å². The van der Waals surface area contributed by atoms with Gasteiger partial charge in [-0.15, -0.1) is 0 Å². The molecule has 0 radical (unpaired) electrons. The minimum atomic E-state index is -0.605. The Bertz CT molecular complexity index is 1240. The van der Waals surface area contributed by atoms with Gasteiger partial charge in [-0.2, -0.15) is 0 Å². The summed E-state index contributed by atoms with van der Waals surface area (Å²) in [5, 5.41) is 0. The molecule has 3 aromatic carbocycles. The minimum Gasteiger partial charge on any atom is -0.490 e. The highest BCUT2D eigenvalue weighted by Gasteiger charge is 2.36. The van der Waals surface area contributed by atoms with Crippen LogP contribution in [0.25, 0.3) is 6.08 Å². The maximum atomic E-state index is 12.7. The van der Waals surface area contributed by atoms with Crippen LogP contribution in [0.15, 0.2) is 72.8 Å². The standard InChI is InChI=1S/C27H23NO6/c1-3-32-23-14-12-18(16-24(23)33-4-2)13-15-25(29)34-20-9-7-8-19(17-20)28-26(30)21-10-5-6-11-22(21)27(28)31/h5-17H,3-4H2,1-2H3/b15-13+. The number of hydrogen-bond acceptors (Lipinski definition) is 6. The van der Waals surface area contributed by atoms with E-state index in [9.17, 15) is 14.4 Å². The molecule has 34 heavy (non-hydrogen) atoms. The van der Waals surface area contributed by atoms with Gasteiger partial charge in [-0.25, -0.2) is 9.69 Å². The van der Waals surface area contributed by atoms with E-state index in [0.29, 0.717) is 41.5 Å². The zero-order valence-electron chi connectivity index (χ0n) is 18.8. The quantitative estimate of drug-likeness (QED) is 0.207. The number of amides is 2. The molecule has 7 heteroatoms. The molecule has 0 fully saturated rings. The van der Waals surface area contributed by atoms with Crippen molar-refractivity contribution < 1.29 is 28.6 Å². The van der Waals surface area contributed by atoms with Crippen LogP contribution in [0.2, 0.25) is 0 Å². The van der Waals surface area contributed by atoms with Crippen molar-refractivity contribution in [3.63, 3.8) is 0 Å². The number of carbonyl (C=O) groups is 3. The lowest BCUT2D eigenvalue weighted by Crippen LogP contribution is -2.29. The van der Waals surface area contributed by atoms with Crippen molar-refractivity contribution in [1.82, 2.24) is 0 Å². The van der Waals surface area contributed by atoms with Crippen LogP contribution in [0.4, 0.5) is 5.69 Å². The Morgan fingerprint density at radius 3 is 2.18 bits per heavy atom. The highest BCUT2D eigenvalue weighted by atomic mass is 16.5. The van der Waals surface area contributed by atoms with Crippen LogP contribution in [0.3, 0.4) is 0 Å². The minimum absolute atomic E-state index is 0.213. The summed E-state index contributed by atoms with van der Waals surface area (Å²) in [5.41, 5.74) is 1.76. The van der Waals surface area contributed by atoms with E-state index in [-0.39, 0.29) is 5.75 Å². The summed E-state index contributed by atoms with van der Waals surface area (Å²) in [6.07, 6.45) is 2.90. The number of hydrogen-bond donors (Lipinski definition) is 0. The third-order valence-corrected chi connectivity index (χ3v) is 5.07. The molecule has 2 amide bonds. The molecule has 0 spiro atoms. The summed E-state index contributed by atoms with van der Waals surface area (Å²) >= 11 is 0. The maximum absolute atomic E-state index is 12.7. The monoisotopic (exact) mass is 457 g/mol. The first-order valence-corrected chi connectivity index (χ1v) is 10.9. The first-order valence-electron chi connectivity index (χ1n) is 10.9. The summed E-state index contributed by atoms with van der Waals surface area (Å²) in [6.45, 7) is 4.77. The van der Waals surface area contributed by atoms with Crippen molar-refractivity contribution in [3.8, 4) is 17.2 Å². The number of esters is 1. The number of carbonyl (C=O) groups excluding carboxylic acids is 3. The second kappa shape index (κ2) is 10.0. The van der Waals surface area contributed by atoms with Crippen LogP contribution >= 0.6 is 0 Å². The number of fused-ring (bicyclic) bond motifs is 1. The van der Waals surface area contributed by atoms with Crippen molar-refractivity contribution in [2.24, 2.45) is 0 Å². The fraction of sp³-hybridized carbons (Fsp3) is 0.148. The molecule has 1 heterocycles. The third-order valence-electron chi connectivity index (χ3n) is 5.07. The molecule has 0 unspecified atom stereocenters. The summed E-state index contributed by atoms with van der Waals surface area (Å²) in [7, 11) is 0. The summed E-state index contributed by atoms with van der Waals surface area (Å²) in [5.74, 6) is 0.00784. The van der Waals surface area contributed by atoms with Gasteiger partial charge in [-0.1, -0.05) is 24.3 Å². The number of benzene rings is 3. The second-order valence-electron chi connectivity index (χ2n) is 7.32.